The molecule has 5 heteroatoms. The smallest absolute Gasteiger partial charge is 0.224 e. The molecule has 1 aliphatic carbocycles. The van der Waals surface area contributed by atoms with Gasteiger partial charge in [0.1, 0.15) is 4.99 Å². The van der Waals surface area contributed by atoms with E-state index in [2.05, 4.69) is 21.2 Å². The van der Waals surface area contributed by atoms with Gasteiger partial charge in [0.2, 0.25) is 5.91 Å². The lowest BCUT2D eigenvalue weighted by Crippen LogP contribution is -2.18. The molecule has 1 fully saturated rings. The summed E-state index contributed by atoms with van der Waals surface area (Å²) < 4.78 is 0.892. The Labute approximate surface area is 133 Å². The van der Waals surface area contributed by atoms with Crippen molar-refractivity contribution in [2.75, 3.05) is 5.32 Å². The monoisotopic (exact) mass is 354 g/mol. The number of carbonyl (C=O) groups excluding carboxylic acids is 1. The summed E-state index contributed by atoms with van der Waals surface area (Å²) in [6.45, 7) is 0. The standard InChI is InChI=1S/C15H19BrN2OS/c16-11-6-7-12(15(17)20)13(9-11)18-14(19)8-5-10-3-1-2-4-10/h6-7,9-10H,1-5,8H2,(H2,17,20)(H,18,19). The van der Waals surface area contributed by atoms with E-state index in [0.717, 1.165) is 16.8 Å². The molecule has 108 valence electrons. The van der Waals surface area contributed by atoms with Gasteiger partial charge in [-0.25, -0.2) is 0 Å². The second-order valence-electron chi connectivity index (χ2n) is 5.29. The number of hydrogen-bond donors (Lipinski definition) is 2. The molecule has 1 aliphatic rings. The number of hydrogen-bond acceptors (Lipinski definition) is 2. The molecular formula is C15H19BrN2OS. The molecule has 1 saturated carbocycles. The average Bonchev–Trinajstić information content (AvgIpc) is 2.89. The number of carbonyl (C=O) groups is 1. The fourth-order valence-corrected chi connectivity index (χ4v) is 3.22. The first kappa shape index (κ1) is 15.4. The molecule has 0 bridgehead atoms. The number of halogens is 1. The third-order valence-electron chi connectivity index (χ3n) is 3.78. The molecule has 0 aliphatic heterocycles. The lowest BCUT2D eigenvalue weighted by atomic mass is 10.0. The van der Waals surface area contributed by atoms with Crippen LogP contribution in [0.1, 0.15) is 44.1 Å². The van der Waals surface area contributed by atoms with Gasteiger partial charge in [0.25, 0.3) is 0 Å². The van der Waals surface area contributed by atoms with Gasteiger partial charge < -0.3 is 11.1 Å². The van der Waals surface area contributed by atoms with E-state index in [1.807, 2.05) is 18.2 Å². The van der Waals surface area contributed by atoms with Crippen LogP contribution in [0.25, 0.3) is 0 Å². The molecule has 3 nitrogen and oxygen atoms in total. The summed E-state index contributed by atoms with van der Waals surface area (Å²) in [7, 11) is 0. The highest BCUT2D eigenvalue weighted by molar-refractivity contribution is 9.10. The predicted molar refractivity (Wildman–Crippen MR) is 89.9 cm³/mol. The average molecular weight is 355 g/mol. The van der Waals surface area contributed by atoms with Gasteiger partial charge in [0.05, 0.1) is 5.69 Å². The van der Waals surface area contributed by atoms with Gasteiger partial charge >= 0.3 is 0 Å². The summed E-state index contributed by atoms with van der Waals surface area (Å²) in [5.41, 5.74) is 7.07. The molecule has 0 spiro atoms. The van der Waals surface area contributed by atoms with Crippen LogP contribution in [0.3, 0.4) is 0 Å². The number of benzene rings is 1. The molecular weight excluding hydrogens is 336 g/mol. The molecule has 0 heterocycles. The van der Waals surface area contributed by atoms with Crippen molar-refractivity contribution in [1.82, 2.24) is 0 Å². The van der Waals surface area contributed by atoms with Crippen LogP contribution >= 0.6 is 28.1 Å². The van der Waals surface area contributed by atoms with Crippen molar-refractivity contribution >= 4 is 44.7 Å². The lowest BCUT2D eigenvalue weighted by Gasteiger charge is -2.12. The van der Waals surface area contributed by atoms with E-state index in [-0.39, 0.29) is 5.91 Å². The molecule has 3 N–H and O–H groups in total. The number of nitrogens with one attached hydrogen (secondary N) is 1. The van der Waals surface area contributed by atoms with Crippen molar-refractivity contribution in [3.8, 4) is 0 Å². The first-order chi connectivity index (χ1) is 9.56. The van der Waals surface area contributed by atoms with E-state index >= 15 is 0 Å². The molecule has 0 unspecified atom stereocenters. The Kier molecular flexibility index (Phi) is 5.54. The van der Waals surface area contributed by atoms with E-state index in [4.69, 9.17) is 18.0 Å². The van der Waals surface area contributed by atoms with Crippen LogP contribution < -0.4 is 11.1 Å². The van der Waals surface area contributed by atoms with E-state index < -0.39 is 0 Å². The minimum absolute atomic E-state index is 0.0347. The van der Waals surface area contributed by atoms with Gasteiger partial charge in [0.15, 0.2) is 0 Å². The quantitative estimate of drug-likeness (QED) is 0.786. The molecule has 1 aromatic carbocycles. The van der Waals surface area contributed by atoms with Crippen molar-refractivity contribution in [3.05, 3.63) is 28.2 Å². The van der Waals surface area contributed by atoms with Crippen LogP contribution in [0, 0.1) is 5.92 Å². The SMILES string of the molecule is NC(=S)c1ccc(Br)cc1NC(=O)CCC1CCCC1. The van der Waals surface area contributed by atoms with Gasteiger partial charge in [-0.3, -0.25) is 4.79 Å². The van der Waals surface area contributed by atoms with Crippen LogP contribution in [-0.4, -0.2) is 10.9 Å². The van der Waals surface area contributed by atoms with Gasteiger partial charge in [-0.2, -0.15) is 0 Å². The molecule has 20 heavy (non-hydrogen) atoms. The lowest BCUT2D eigenvalue weighted by molar-refractivity contribution is -0.116. The Morgan fingerprint density at radius 2 is 2.10 bits per heavy atom. The van der Waals surface area contributed by atoms with E-state index in [0.29, 0.717) is 22.7 Å². The normalized spacial score (nSPS) is 15.2. The summed E-state index contributed by atoms with van der Waals surface area (Å²) in [6, 6.07) is 5.52. The molecule has 1 amide bonds. The Morgan fingerprint density at radius 3 is 2.75 bits per heavy atom. The summed E-state index contributed by atoms with van der Waals surface area (Å²) in [6.07, 6.45) is 6.69. The molecule has 0 aromatic heterocycles. The zero-order valence-electron chi connectivity index (χ0n) is 11.3. The van der Waals surface area contributed by atoms with Gasteiger partial charge in [-0.05, 0) is 30.5 Å². The van der Waals surface area contributed by atoms with Crippen LogP contribution in [0.4, 0.5) is 5.69 Å². The molecule has 0 atom stereocenters. The van der Waals surface area contributed by atoms with Crippen molar-refractivity contribution in [1.29, 1.82) is 0 Å². The predicted octanol–water partition coefficient (Wildman–Crippen LogP) is 3.99. The highest BCUT2D eigenvalue weighted by atomic mass is 79.9. The van der Waals surface area contributed by atoms with Crippen LogP contribution in [-0.2, 0) is 4.79 Å². The Balaban J connectivity index is 1.96. The Hall–Kier alpha value is -0.940. The van der Waals surface area contributed by atoms with Gasteiger partial charge in [-0.1, -0.05) is 53.8 Å². The fourth-order valence-electron chi connectivity index (χ4n) is 2.68. The Morgan fingerprint density at radius 1 is 1.40 bits per heavy atom. The minimum atomic E-state index is 0.0347. The highest BCUT2D eigenvalue weighted by Gasteiger charge is 2.17. The minimum Gasteiger partial charge on any atom is -0.389 e. The second-order valence-corrected chi connectivity index (χ2v) is 6.65. The fraction of sp³-hybridized carbons (Fsp3) is 0.467. The number of thiocarbonyl (C=S) groups is 1. The maximum atomic E-state index is 12.0. The maximum absolute atomic E-state index is 12.0. The second kappa shape index (κ2) is 7.18. The van der Waals surface area contributed by atoms with Crippen LogP contribution in [0.15, 0.2) is 22.7 Å². The largest absolute Gasteiger partial charge is 0.389 e. The van der Waals surface area contributed by atoms with Gasteiger partial charge in [-0.15, -0.1) is 0 Å². The van der Waals surface area contributed by atoms with Crippen molar-refractivity contribution in [2.24, 2.45) is 11.7 Å². The third-order valence-corrected chi connectivity index (χ3v) is 4.49. The summed E-state index contributed by atoms with van der Waals surface area (Å²) in [5.74, 6) is 0.755. The maximum Gasteiger partial charge on any atom is 0.224 e. The van der Waals surface area contributed by atoms with Crippen LogP contribution in [0.5, 0.6) is 0 Å². The summed E-state index contributed by atoms with van der Waals surface area (Å²) in [5, 5.41) is 2.92. The third kappa shape index (κ3) is 4.28. The number of amides is 1. The molecule has 0 radical (unpaired) electrons. The van der Waals surface area contributed by atoms with Gasteiger partial charge in [0, 0.05) is 16.5 Å². The number of anilines is 1. The number of nitrogens with two attached hydrogens (primary N) is 1. The highest BCUT2D eigenvalue weighted by Crippen LogP contribution is 2.29. The zero-order chi connectivity index (χ0) is 14.5. The van der Waals surface area contributed by atoms with Crippen molar-refractivity contribution in [2.45, 2.75) is 38.5 Å². The van der Waals surface area contributed by atoms with Crippen molar-refractivity contribution < 1.29 is 4.79 Å². The first-order valence-corrected chi connectivity index (χ1v) is 8.15. The summed E-state index contributed by atoms with van der Waals surface area (Å²) in [4.78, 5) is 12.3. The van der Waals surface area contributed by atoms with E-state index in [9.17, 15) is 4.79 Å². The molecule has 2 rings (SSSR count). The molecule has 1 aromatic rings. The van der Waals surface area contributed by atoms with E-state index in [1.54, 1.807) is 0 Å². The summed E-state index contributed by atoms with van der Waals surface area (Å²) >= 11 is 8.40. The van der Waals surface area contributed by atoms with Crippen LogP contribution in [0.2, 0.25) is 0 Å². The van der Waals surface area contributed by atoms with Crippen molar-refractivity contribution in [3.63, 3.8) is 0 Å². The van der Waals surface area contributed by atoms with E-state index in [1.165, 1.54) is 25.7 Å². The first-order valence-electron chi connectivity index (χ1n) is 6.95. The molecule has 0 saturated heterocycles. The zero-order valence-corrected chi connectivity index (χ0v) is 13.7. The topological polar surface area (TPSA) is 55.1 Å². The number of rotatable bonds is 5. The Bertz CT molecular complexity index is 513.